The first-order valence-electron chi connectivity index (χ1n) is 4.60. The highest BCUT2D eigenvalue weighted by molar-refractivity contribution is 7.99. The highest BCUT2D eigenvalue weighted by atomic mass is 32.2. The molecule has 0 bridgehead atoms. The van der Waals surface area contributed by atoms with Crippen molar-refractivity contribution in [3.63, 3.8) is 0 Å². The van der Waals surface area contributed by atoms with Crippen LogP contribution in [0.5, 0.6) is 5.88 Å². The zero-order chi connectivity index (χ0) is 10.1. The maximum Gasteiger partial charge on any atom is 0.257 e. The molecule has 1 aliphatic heterocycles. The monoisotopic (exact) mass is 212 g/mol. The van der Waals surface area contributed by atoms with E-state index >= 15 is 0 Å². The highest BCUT2D eigenvalue weighted by Gasteiger charge is 2.21. The van der Waals surface area contributed by atoms with Crippen LogP contribution in [0.25, 0.3) is 0 Å². The van der Waals surface area contributed by atoms with E-state index in [1.165, 1.54) is 0 Å². The van der Waals surface area contributed by atoms with Crippen molar-refractivity contribution in [3.8, 4) is 5.88 Å². The molecule has 0 saturated carbocycles. The van der Waals surface area contributed by atoms with E-state index in [-0.39, 0.29) is 22.3 Å². The molecular weight excluding hydrogens is 200 g/mol. The van der Waals surface area contributed by atoms with Crippen LogP contribution in [0.3, 0.4) is 0 Å². The molecule has 1 unspecified atom stereocenters. The van der Waals surface area contributed by atoms with Crippen molar-refractivity contribution in [1.29, 1.82) is 0 Å². The van der Waals surface area contributed by atoms with Crippen LogP contribution in [0, 0.1) is 6.92 Å². The summed E-state index contributed by atoms with van der Waals surface area (Å²) in [6, 6.07) is 0. The fourth-order valence-electron chi connectivity index (χ4n) is 1.48. The number of aromatic hydroxyl groups is 1. The highest BCUT2D eigenvalue weighted by Crippen LogP contribution is 2.38. The summed E-state index contributed by atoms with van der Waals surface area (Å²) in [4.78, 5) is 18.1. The lowest BCUT2D eigenvalue weighted by molar-refractivity contribution is 0.442. The first-order chi connectivity index (χ1) is 6.68. The van der Waals surface area contributed by atoms with Gasteiger partial charge in [0.05, 0.1) is 10.8 Å². The molecule has 2 N–H and O–H groups in total. The molecular formula is C9H12N2O2S. The van der Waals surface area contributed by atoms with Crippen molar-refractivity contribution < 1.29 is 5.11 Å². The summed E-state index contributed by atoms with van der Waals surface area (Å²) in [5, 5.41) is 9.65. The molecule has 0 aromatic carbocycles. The molecule has 2 heterocycles. The Morgan fingerprint density at radius 1 is 1.64 bits per heavy atom. The molecule has 0 aliphatic carbocycles. The van der Waals surface area contributed by atoms with Gasteiger partial charge in [-0.25, -0.2) is 0 Å². The summed E-state index contributed by atoms with van der Waals surface area (Å²) >= 11 is 1.77. The second-order valence-electron chi connectivity index (χ2n) is 3.40. The van der Waals surface area contributed by atoms with Gasteiger partial charge in [0.15, 0.2) is 0 Å². The van der Waals surface area contributed by atoms with E-state index in [0.29, 0.717) is 5.82 Å². The lowest BCUT2D eigenvalue weighted by Gasteiger charge is -2.08. The Bertz CT molecular complexity index is 396. The third kappa shape index (κ3) is 1.64. The van der Waals surface area contributed by atoms with Gasteiger partial charge in [-0.3, -0.25) is 4.79 Å². The van der Waals surface area contributed by atoms with Crippen LogP contribution in [0.15, 0.2) is 4.79 Å². The molecule has 4 nitrogen and oxygen atoms in total. The van der Waals surface area contributed by atoms with Gasteiger partial charge in [-0.1, -0.05) is 0 Å². The normalized spacial score (nSPS) is 21.4. The third-order valence-electron chi connectivity index (χ3n) is 2.38. The predicted molar refractivity (Wildman–Crippen MR) is 55.7 cm³/mol. The maximum absolute atomic E-state index is 11.4. The number of rotatable bonds is 1. The predicted octanol–water partition coefficient (Wildman–Crippen LogP) is 1.35. The van der Waals surface area contributed by atoms with E-state index in [2.05, 4.69) is 9.97 Å². The molecule has 1 fully saturated rings. The summed E-state index contributed by atoms with van der Waals surface area (Å²) in [6.07, 6.45) is 2.17. The molecule has 1 atom stereocenters. The minimum absolute atomic E-state index is 0.142. The first kappa shape index (κ1) is 9.58. The number of hydrogen-bond donors (Lipinski definition) is 2. The van der Waals surface area contributed by atoms with Crippen LogP contribution in [0.2, 0.25) is 0 Å². The topological polar surface area (TPSA) is 66.0 Å². The molecule has 1 aromatic heterocycles. The SMILES string of the molecule is Cc1c(O)nc(C2CCCS2)[nH]c1=O. The van der Waals surface area contributed by atoms with E-state index in [1.54, 1.807) is 18.7 Å². The summed E-state index contributed by atoms with van der Waals surface area (Å²) in [5.74, 6) is 1.57. The number of thioether (sulfide) groups is 1. The number of H-pyrrole nitrogens is 1. The molecule has 14 heavy (non-hydrogen) atoms. The first-order valence-corrected chi connectivity index (χ1v) is 5.65. The second kappa shape index (κ2) is 3.65. The number of aromatic nitrogens is 2. The summed E-state index contributed by atoms with van der Waals surface area (Å²) in [6.45, 7) is 1.56. The Kier molecular flexibility index (Phi) is 2.50. The van der Waals surface area contributed by atoms with Crippen molar-refractivity contribution in [2.24, 2.45) is 0 Å². The summed E-state index contributed by atoms with van der Waals surface area (Å²) in [7, 11) is 0. The molecule has 1 aromatic rings. The molecule has 0 amide bonds. The van der Waals surface area contributed by atoms with E-state index in [0.717, 1.165) is 18.6 Å². The Morgan fingerprint density at radius 3 is 3.00 bits per heavy atom. The Labute approximate surface area is 85.8 Å². The number of aromatic amines is 1. The quantitative estimate of drug-likeness (QED) is 0.737. The van der Waals surface area contributed by atoms with Gasteiger partial charge in [0, 0.05) is 0 Å². The van der Waals surface area contributed by atoms with Crippen molar-refractivity contribution >= 4 is 11.8 Å². The van der Waals surface area contributed by atoms with Crippen molar-refractivity contribution in [1.82, 2.24) is 9.97 Å². The van der Waals surface area contributed by atoms with E-state index in [1.807, 2.05) is 0 Å². The van der Waals surface area contributed by atoms with Crippen LogP contribution >= 0.6 is 11.8 Å². The molecule has 5 heteroatoms. The van der Waals surface area contributed by atoms with Crippen molar-refractivity contribution in [2.75, 3.05) is 5.75 Å². The van der Waals surface area contributed by atoms with E-state index in [4.69, 9.17) is 0 Å². The zero-order valence-electron chi connectivity index (χ0n) is 7.91. The Hall–Kier alpha value is -0.970. The van der Waals surface area contributed by atoms with Crippen LogP contribution in [-0.4, -0.2) is 20.8 Å². The smallest absolute Gasteiger partial charge is 0.257 e. The third-order valence-corrected chi connectivity index (χ3v) is 3.76. The fourth-order valence-corrected chi connectivity index (χ4v) is 2.70. The lowest BCUT2D eigenvalue weighted by Crippen LogP contribution is -2.15. The van der Waals surface area contributed by atoms with Crippen LogP contribution in [0.4, 0.5) is 0 Å². The molecule has 0 radical (unpaired) electrons. The summed E-state index contributed by atoms with van der Waals surface area (Å²) < 4.78 is 0. The van der Waals surface area contributed by atoms with Crippen molar-refractivity contribution in [2.45, 2.75) is 25.0 Å². The molecule has 1 aliphatic rings. The van der Waals surface area contributed by atoms with Gasteiger partial charge in [0.25, 0.3) is 5.56 Å². The summed E-state index contributed by atoms with van der Waals surface area (Å²) in [5.41, 5.74) is 0.0525. The fraction of sp³-hybridized carbons (Fsp3) is 0.556. The molecule has 1 saturated heterocycles. The van der Waals surface area contributed by atoms with Gasteiger partial charge in [-0.05, 0) is 25.5 Å². The molecule has 76 valence electrons. The lowest BCUT2D eigenvalue weighted by atomic mass is 10.2. The Balaban J connectivity index is 2.39. The van der Waals surface area contributed by atoms with Crippen LogP contribution in [-0.2, 0) is 0 Å². The van der Waals surface area contributed by atoms with Gasteiger partial charge >= 0.3 is 0 Å². The van der Waals surface area contributed by atoms with Gasteiger partial charge in [0.2, 0.25) is 5.88 Å². The second-order valence-corrected chi connectivity index (χ2v) is 4.71. The zero-order valence-corrected chi connectivity index (χ0v) is 8.73. The standard InChI is InChI=1S/C9H12N2O2S/c1-5-8(12)10-7(11-9(5)13)6-3-2-4-14-6/h6H,2-4H2,1H3,(H2,10,11,12,13). The van der Waals surface area contributed by atoms with E-state index in [9.17, 15) is 9.90 Å². The number of hydrogen-bond acceptors (Lipinski definition) is 4. The molecule has 0 spiro atoms. The molecule has 2 rings (SSSR count). The van der Waals surface area contributed by atoms with Gasteiger partial charge < -0.3 is 10.1 Å². The number of nitrogens with one attached hydrogen (secondary N) is 1. The van der Waals surface area contributed by atoms with Crippen LogP contribution < -0.4 is 5.56 Å². The average Bonchev–Trinajstić information content (AvgIpc) is 2.66. The minimum atomic E-state index is -0.236. The number of nitrogens with zero attached hydrogens (tertiary/aromatic N) is 1. The van der Waals surface area contributed by atoms with Gasteiger partial charge in [0.1, 0.15) is 5.82 Å². The maximum atomic E-state index is 11.4. The minimum Gasteiger partial charge on any atom is -0.493 e. The van der Waals surface area contributed by atoms with Crippen LogP contribution in [0.1, 0.15) is 29.5 Å². The van der Waals surface area contributed by atoms with Gasteiger partial charge in [-0.2, -0.15) is 16.7 Å². The van der Waals surface area contributed by atoms with Crippen molar-refractivity contribution in [3.05, 3.63) is 21.7 Å². The average molecular weight is 212 g/mol. The Morgan fingerprint density at radius 2 is 2.43 bits per heavy atom. The van der Waals surface area contributed by atoms with Gasteiger partial charge in [-0.15, -0.1) is 0 Å². The van der Waals surface area contributed by atoms with E-state index < -0.39 is 0 Å². The largest absolute Gasteiger partial charge is 0.493 e.